The number of benzene rings is 19. The van der Waals surface area contributed by atoms with Crippen molar-refractivity contribution >= 4 is 152 Å². The van der Waals surface area contributed by atoms with Gasteiger partial charge in [-0.1, -0.05) is 303 Å². The van der Waals surface area contributed by atoms with Crippen molar-refractivity contribution in [1.29, 1.82) is 0 Å². The molecule has 0 aliphatic carbocycles. The first-order chi connectivity index (χ1) is 64.4. The van der Waals surface area contributed by atoms with Gasteiger partial charge in [0, 0.05) is 105 Å². The maximum Gasteiger partial charge on any atom is 0.160 e. The summed E-state index contributed by atoms with van der Waals surface area (Å²) in [5.74, 6) is 0.660. The molecule has 0 atom stereocenters. The molecule has 27 aromatic rings. The first-order valence-corrected chi connectivity index (χ1v) is 44.0. The van der Waals surface area contributed by atoms with Crippen molar-refractivity contribution in [1.82, 2.24) is 38.6 Å². The van der Waals surface area contributed by atoms with Crippen LogP contribution in [-0.4, -0.2) is 38.6 Å². The Labute approximate surface area is 747 Å². The van der Waals surface area contributed by atoms with E-state index in [0.29, 0.717) is 5.82 Å². The molecular formula is C121H76N8O. The summed E-state index contributed by atoms with van der Waals surface area (Å²) >= 11 is 0. The molecule has 130 heavy (non-hydrogen) atoms. The van der Waals surface area contributed by atoms with Gasteiger partial charge < -0.3 is 18.1 Å². The van der Waals surface area contributed by atoms with Crippen LogP contribution in [0.4, 0.5) is 0 Å². The Morgan fingerprint density at radius 3 is 1.22 bits per heavy atom. The lowest BCUT2D eigenvalue weighted by molar-refractivity contribution is 0.670. The zero-order valence-corrected chi connectivity index (χ0v) is 70.4. The fourth-order valence-corrected chi connectivity index (χ4v) is 19.6. The summed E-state index contributed by atoms with van der Waals surface area (Å²) in [5, 5.41) is 21.7. The lowest BCUT2D eigenvalue weighted by atomic mass is 9.94. The molecule has 0 amide bonds. The minimum atomic E-state index is 0.660. The Morgan fingerprint density at radius 1 is 0.192 bits per heavy atom. The maximum absolute atomic E-state index is 6.45. The van der Waals surface area contributed by atoms with E-state index in [4.69, 9.17) is 24.4 Å². The minimum Gasteiger partial charge on any atom is -0.455 e. The summed E-state index contributed by atoms with van der Waals surface area (Å²) in [5.41, 5.74) is 27.3. The highest BCUT2D eigenvalue weighted by Gasteiger charge is 2.23. The lowest BCUT2D eigenvalue weighted by Crippen LogP contribution is -1.98. The smallest absolute Gasteiger partial charge is 0.160 e. The predicted octanol–water partition coefficient (Wildman–Crippen LogP) is 31.8. The van der Waals surface area contributed by atoms with Crippen molar-refractivity contribution in [3.63, 3.8) is 0 Å². The molecule has 0 aliphatic rings. The summed E-state index contributed by atoms with van der Waals surface area (Å²) in [6.45, 7) is 0. The van der Waals surface area contributed by atoms with E-state index in [1.54, 1.807) is 0 Å². The normalized spacial score (nSPS) is 11.7. The van der Waals surface area contributed by atoms with Crippen LogP contribution < -0.4 is 0 Å². The van der Waals surface area contributed by atoms with Crippen LogP contribution in [0.5, 0.6) is 0 Å². The van der Waals surface area contributed by atoms with Crippen LogP contribution in [0.3, 0.4) is 0 Å². The monoisotopic (exact) mass is 1660 g/mol. The van der Waals surface area contributed by atoms with Gasteiger partial charge in [0.1, 0.15) is 11.2 Å². The first kappa shape index (κ1) is 75.0. The van der Waals surface area contributed by atoms with Gasteiger partial charge in [0.15, 0.2) is 5.82 Å². The topological polar surface area (TPSA) is 92.4 Å². The van der Waals surface area contributed by atoms with Crippen LogP contribution in [0.1, 0.15) is 0 Å². The summed E-state index contributed by atoms with van der Waals surface area (Å²) in [7, 11) is 0. The third kappa shape index (κ3) is 13.2. The average molecular weight is 1660 g/mol. The third-order valence-electron chi connectivity index (χ3n) is 25.7. The van der Waals surface area contributed by atoms with Crippen molar-refractivity contribution in [3.05, 3.63) is 461 Å². The molecule has 0 bridgehead atoms. The van der Waals surface area contributed by atoms with Gasteiger partial charge in [0.05, 0.1) is 73.1 Å². The largest absolute Gasteiger partial charge is 0.455 e. The van der Waals surface area contributed by atoms with Crippen molar-refractivity contribution in [2.24, 2.45) is 0 Å². The van der Waals surface area contributed by atoms with E-state index in [-0.39, 0.29) is 0 Å². The summed E-state index contributed by atoms with van der Waals surface area (Å²) in [6, 6.07) is 159. The van der Waals surface area contributed by atoms with Crippen molar-refractivity contribution in [2.45, 2.75) is 0 Å². The van der Waals surface area contributed by atoms with Crippen LogP contribution in [-0.2, 0) is 0 Å². The van der Waals surface area contributed by atoms with E-state index in [9.17, 15) is 0 Å². The Morgan fingerprint density at radius 2 is 0.608 bits per heavy atom. The molecule has 0 saturated heterocycles. The highest BCUT2D eigenvalue weighted by Crippen LogP contribution is 2.45. The molecule has 0 radical (unpaired) electrons. The molecule has 8 heterocycles. The van der Waals surface area contributed by atoms with Crippen LogP contribution in [0.2, 0.25) is 0 Å². The van der Waals surface area contributed by atoms with Crippen molar-refractivity contribution < 1.29 is 4.42 Å². The summed E-state index contributed by atoms with van der Waals surface area (Å²) in [4.78, 5) is 25.1. The Bertz CT molecular complexity index is 9120. The molecule has 0 unspecified atom stereocenters. The van der Waals surface area contributed by atoms with E-state index in [2.05, 4.69) is 419 Å². The SMILES string of the molecule is c1ccc(-c2cc(-c3cccc4c3oc3ccccc34)nc(-c3cccc(-n4c5ccccc5c5cc6ccccc6cc54)c3)n2)cc1.c1ccc(-c2cc(-c3cccc4ccccc34)cc(-n3c4cnccc4c4cc5ccccc5cc43)c2)cc1.c1ccc2cc3c(cc2c1)c1ccccc1n3-c1cc(-c2ccc3ccccc3n2)cc(-c2ccc3ccccc3n2)c1. The van der Waals surface area contributed by atoms with Gasteiger partial charge in [-0.3, -0.25) is 4.98 Å². The quantitative estimate of drug-likeness (QED) is 0.135. The molecule has 0 spiro atoms. The number of rotatable bonds is 10. The summed E-state index contributed by atoms with van der Waals surface area (Å²) in [6.07, 6.45) is 3.88. The number of aromatic nitrogens is 8. The van der Waals surface area contributed by atoms with Crippen LogP contribution in [0, 0.1) is 0 Å². The fraction of sp³-hybridized carbons (Fsp3) is 0. The number of hydrogen-bond acceptors (Lipinski definition) is 6. The minimum absolute atomic E-state index is 0.660. The first-order valence-electron chi connectivity index (χ1n) is 44.0. The van der Waals surface area contributed by atoms with E-state index in [1.165, 1.54) is 120 Å². The molecule has 27 rings (SSSR count). The zero-order chi connectivity index (χ0) is 85.7. The second-order valence-electron chi connectivity index (χ2n) is 33.4. The van der Waals surface area contributed by atoms with Gasteiger partial charge in [0.25, 0.3) is 0 Å². The van der Waals surface area contributed by atoms with Gasteiger partial charge >= 0.3 is 0 Å². The van der Waals surface area contributed by atoms with Crippen LogP contribution in [0.25, 0.3) is 248 Å². The van der Waals surface area contributed by atoms with Gasteiger partial charge in [-0.05, 0) is 211 Å². The molecule has 0 aliphatic heterocycles. The molecule has 19 aromatic carbocycles. The molecule has 0 saturated carbocycles. The van der Waals surface area contributed by atoms with Crippen LogP contribution >= 0.6 is 0 Å². The second kappa shape index (κ2) is 31.3. The van der Waals surface area contributed by atoms with Crippen molar-refractivity contribution in [3.8, 4) is 95.7 Å². The number of fused-ring (bicyclic) bond motifs is 18. The Hall–Kier alpha value is -17.5. The van der Waals surface area contributed by atoms with Gasteiger partial charge in [0.2, 0.25) is 0 Å². The number of hydrogen-bond donors (Lipinski definition) is 0. The Balaban J connectivity index is 0.000000106. The molecule has 606 valence electrons. The molecule has 0 N–H and O–H groups in total. The zero-order valence-electron chi connectivity index (χ0n) is 70.4. The number of nitrogens with zero attached hydrogens (tertiary/aromatic N) is 8. The molecule has 9 heteroatoms. The highest BCUT2D eigenvalue weighted by molar-refractivity contribution is 6.17. The molecular weight excluding hydrogens is 1580 g/mol. The fourth-order valence-electron chi connectivity index (χ4n) is 19.6. The third-order valence-corrected chi connectivity index (χ3v) is 25.7. The maximum atomic E-state index is 6.45. The number of para-hydroxylation sites is 6. The summed E-state index contributed by atoms with van der Waals surface area (Å²) < 4.78 is 13.6. The van der Waals surface area contributed by atoms with E-state index >= 15 is 0 Å². The van der Waals surface area contributed by atoms with Gasteiger partial charge in [-0.15, -0.1) is 0 Å². The van der Waals surface area contributed by atoms with E-state index in [0.717, 1.165) is 122 Å². The molecule has 0 fully saturated rings. The van der Waals surface area contributed by atoms with Crippen LogP contribution in [0.15, 0.2) is 466 Å². The van der Waals surface area contributed by atoms with Crippen molar-refractivity contribution in [2.75, 3.05) is 0 Å². The highest BCUT2D eigenvalue weighted by atomic mass is 16.3. The van der Waals surface area contributed by atoms with E-state index < -0.39 is 0 Å². The number of pyridine rings is 3. The number of furan rings is 1. The van der Waals surface area contributed by atoms with Gasteiger partial charge in [-0.25, -0.2) is 19.9 Å². The molecule has 9 nitrogen and oxygen atoms in total. The van der Waals surface area contributed by atoms with E-state index in [1.807, 2.05) is 60.9 Å². The Kier molecular flexibility index (Phi) is 18.1. The van der Waals surface area contributed by atoms with Gasteiger partial charge in [-0.2, -0.15) is 0 Å². The lowest BCUT2D eigenvalue weighted by Gasteiger charge is -2.15. The predicted molar refractivity (Wildman–Crippen MR) is 542 cm³/mol. The second-order valence-corrected chi connectivity index (χ2v) is 33.4. The standard InChI is InChI=1S/C44H27N3O.C40H25N3.C37H24N2/c1-2-12-28(13-3-1)38-27-39(36-21-11-20-35-34-19-7-9-23-42(34)48-43(35)36)46-44(45-38)31-16-10-17-32(24-31)47-40-22-8-6-18-33(40)37-25-29-14-4-5-15-30(29)26-41(37)47;1-2-12-29-25-40-34(24-28(29)11-1)33-13-5-8-16-39(33)43(40)32-22-30(37-19-17-26-9-3-6-14-35(26)41-37)21-31(23-32)38-20-18-27-10-4-7-15-36(27)42-38;1-2-9-25(10-3-1)29-19-30(33-16-8-14-26-11-6-7-15-32(26)33)21-31(20-29)39-36-23-28-13-5-4-12-27(28)22-35(36)34-17-18-38-24-37(34)39/h1-27H;1-25H;1-24H. The average Bonchev–Trinajstić information content (AvgIpc) is 1.59. The molecule has 8 aromatic heterocycles.